The molecular weight excluding hydrogens is 278 g/mol. The number of hydrogen-bond donors (Lipinski definition) is 0. The van der Waals surface area contributed by atoms with Gasteiger partial charge in [-0.1, -0.05) is 88.4 Å². The maximum Gasteiger partial charge on any atom is 0.256 e. The van der Waals surface area contributed by atoms with Gasteiger partial charge in [0.25, 0.3) is 5.54 Å². The monoisotopic (exact) mass is 303 g/mol. The molecule has 0 amide bonds. The van der Waals surface area contributed by atoms with Crippen molar-refractivity contribution in [3.8, 4) is 0 Å². The van der Waals surface area contributed by atoms with Crippen LogP contribution in [0.25, 0.3) is 10.4 Å². The summed E-state index contributed by atoms with van der Waals surface area (Å²) in [6.07, 6.45) is 2.19. The van der Waals surface area contributed by atoms with E-state index in [0.29, 0.717) is 0 Å². The van der Waals surface area contributed by atoms with E-state index in [-0.39, 0.29) is 11.8 Å². The van der Waals surface area contributed by atoms with Crippen molar-refractivity contribution < 1.29 is 0 Å². The van der Waals surface area contributed by atoms with Gasteiger partial charge in [-0.05, 0) is 16.7 Å². The Morgan fingerprint density at radius 3 is 1.52 bits per heavy atom. The van der Waals surface area contributed by atoms with Gasteiger partial charge >= 0.3 is 0 Å². The van der Waals surface area contributed by atoms with Crippen molar-refractivity contribution in [2.24, 2.45) is 11.8 Å². The molecule has 0 atom stereocenters. The average molecular weight is 303 g/mol. The van der Waals surface area contributed by atoms with Crippen LogP contribution >= 0.6 is 0 Å². The predicted molar refractivity (Wildman–Crippen MR) is 99.0 cm³/mol. The van der Waals surface area contributed by atoms with E-state index in [4.69, 9.17) is 6.57 Å². The van der Waals surface area contributed by atoms with Gasteiger partial charge in [0.05, 0.1) is 0 Å². The number of benzene rings is 2. The molecule has 2 rings (SSSR count). The Morgan fingerprint density at radius 2 is 1.22 bits per heavy atom. The molecule has 0 aliphatic heterocycles. The lowest BCUT2D eigenvalue weighted by molar-refractivity contribution is 0.342. The van der Waals surface area contributed by atoms with Crippen LogP contribution in [0.3, 0.4) is 0 Å². The van der Waals surface area contributed by atoms with E-state index in [1.54, 1.807) is 0 Å². The van der Waals surface area contributed by atoms with Crippen LogP contribution < -0.4 is 0 Å². The van der Waals surface area contributed by atoms with Crippen molar-refractivity contribution in [3.05, 3.63) is 89.3 Å². The van der Waals surface area contributed by atoms with Gasteiger partial charge in [0.1, 0.15) is 0 Å². The minimum Gasteiger partial charge on any atom is -0.305 e. The van der Waals surface area contributed by atoms with Crippen molar-refractivity contribution in [1.29, 1.82) is 0 Å². The summed E-state index contributed by atoms with van der Waals surface area (Å²) in [5, 5.41) is 0. The normalized spacial score (nSPS) is 11.3. The van der Waals surface area contributed by atoms with Crippen LogP contribution in [-0.4, -0.2) is 5.54 Å². The molecular formula is C22H25N. The van der Waals surface area contributed by atoms with Gasteiger partial charge in [0.2, 0.25) is 0 Å². The van der Waals surface area contributed by atoms with Crippen molar-refractivity contribution in [1.82, 2.24) is 0 Å². The van der Waals surface area contributed by atoms with Crippen LogP contribution in [0.15, 0.2) is 66.7 Å². The standard InChI is InChI=1S/C22H25N/c1-17(2)22(23-5,18(3)4)16-21(19-12-8-6-9-13-19)20-14-10-7-11-15-20/h6-18H,1-4H3. The molecule has 1 nitrogen and oxygen atoms in total. The van der Waals surface area contributed by atoms with Gasteiger partial charge in [-0.25, -0.2) is 6.57 Å². The molecule has 1 heteroatoms. The zero-order valence-corrected chi connectivity index (χ0v) is 14.5. The minimum absolute atomic E-state index is 0.252. The Labute approximate surface area is 140 Å². The highest BCUT2D eigenvalue weighted by Gasteiger charge is 2.42. The van der Waals surface area contributed by atoms with E-state index < -0.39 is 5.54 Å². The fraction of sp³-hybridized carbons (Fsp3) is 0.318. The molecule has 2 aromatic rings. The molecule has 23 heavy (non-hydrogen) atoms. The lowest BCUT2D eigenvalue weighted by atomic mass is 9.75. The van der Waals surface area contributed by atoms with Crippen LogP contribution in [0.4, 0.5) is 0 Å². The third-order valence-electron chi connectivity index (χ3n) is 4.59. The molecule has 0 aliphatic carbocycles. The van der Waals surface area contributed by atoms with Crippen LogP contribution in [0.2, 0.25) is 0 Å². The lowest BCUT2D eigenvalue weighted by Gasteiger charge is -2.28. The van der Waals surface area contributed by atoms with Crippen molar-refractivity contribution in [2.75, 3.05) is 0 Å². The summed E-state index contributed by atoms with van der Waals surface area (Å²) < 4.78 is 0. The van der Waals surface area contributed by atoms with E-state index in [0.717, 1.165) is 16.7 Å². The first-order valence-corrected chi connectivity index (χ1v) is 8.23. The van der Waals surface area contributed by atoms with E-state index in [1.807, 2.05) is 12.1 Å². The second kappa shape index (κ2) is 7.29. The summed E-state index contributed by atoms with van der Waals surface area (Å²) in [4.78, 5) is 4.08. The summed E-state index contributed by atoms with van der Waals surface area (Å²) in [6.45, 7) is 16.4. The maximum atomic E-state index is 7.87. The zero-order valence-electron chi connectivity index (χ0n) is 14.5. The van der Waals surface area contributed by atoms with Gasteiger partial charge in [0.15, 0.2) is 0 Å². The number of nitrogens with zero attached hydrogens (tertiary/aromatic N) is 1. The van der Waals surface area contributed by atoms with Gasteiger partial charge in [0, 0.05) is 17.9 Å². The summed E-state index contributed by atoms with van der Waals surface area (Å²) in [5.74, 6) is 0.504. The van der Waals surface area contributed by atoms with Crippen molar-refractivity contribution >= 4 is 5.57 Å². The Morgan fingerprint density at radius 1 is 0.826 bits per heavy atom. The Hall–Kier alpha value is -2.33. The first kappa shape index (κ1) is 17.0. The predicted octanol–water partition coefficient (Wildman–Crippen LogP) is 6.09. The molecule has 0 unspecified atom stereocenters. The van der Waals surface area contributed by atoms with Gasteiger partial charge in [-0.3, -0.25) is 0 Å². The van der Waals surface area contributed by atoms with Crippen LogP contribution in [0.5, 0.6) is 0 Å². The highest BCUT2D eigenvalue weighted by atomic mass is 14.8. The third-order valence-corrected chi connectivity index (χ3v) is 4.59. The molecule has 0 heterocycles. The Balaban J connectivity index is 2.69. The Bertz CT molecular complexity index is 638. The molecule has 0 radical (unpaired) electrons. The summed E-state index contributed by atoms with van der Waals surface area (Å²) in [5.41, 5.74) is 2.96. The second-order valence-corrected chi connectivity index (χ2v) is 6.60. The second-order valence-electron chi connectivity index (χ2n) is 6.60. The molecule has 0 spiro atoms. The molecule has 0 aliphatic rings. The lowest BCUT2D eigenvalue weighted by Crippen LogP contribution is -2.35. The molecule has 0 saturated heterocycles. The Kier molecular flexibility index (Phi) is 5.40. The SMILES string of the molecule is [C-]#[N+]C(C=C(c1ccccc1)c1ccccc1)(C(C)C)C(C)C. The summed E-state index contributed by atoms with van der Waals surface area (Å²) in [6, 6.07) is 20.7. The highest BCUT2D eigenvalue weighted by molar-refractivity contribution is 5.80. The first-order valence-electron chi connectivity index (χ1n) is 8.23. The molecule has 0 N–H and O–H groups in total. The van der Waals surface area contributed by atoms with Crippen LogP contribution in [-0.2, 0) is 0 Å². The molecule has 2 aromatic carbocycles. The van der Waals surface area contributed by atoms with Crippen LogP contribution in [0, 0.1) is 18.4 Å². The number of hydrogen-bond acceptors (Lipinski definition) is 0. The maximum absolute atomic E-state index is 7.87. The molecule has 0 bridgehead atoms. The van der Waals surface area contributed by atoms with E-state index in [1.165, 1.54) is 0 Å². The van der Waals surface area contributed by atoms with Crippen LogP contribution in [0.1, 0.15) is 38.8 Å². The largest absolute Gasteiger partial charge is 0.305 e. The average Bonchev–Trinajstić information content (AvgIpc) is 2.57. The topological polar surface area (TPSA) is 4.36 Å². The molecule has 0 saturated carbocycles. The van der Waals surface area contributed by atoms with Crippen molar-refractivity contribution in [2.45, 2.75) is 33.2 Å². The fourth-order valence-corrected chi connectivity index (χ4v) is 3.09. The molecule has 0 aromatic heterocycles. The first-order chi connectivity index (χ1) is 11.0. The number of rotatable bonds is 5. The van der Waals surface area contributed by atoms with E-state index in [9.17, 15) is 0 Å². The van der Waals surface area contributed by atoms with E-state index in [2.05, 4.69) is 87.1 Å². The summed E-state index contributed by atoms with van der Waals surface area (Å²) in [7, 11) is 0. The smallest absolute Gasteiger partial charge is 0.256 e. The van der Waals surface area contributed by atoms with Gasteiger partial charge in [-0.2, -0.15) is 0 Å². The van der Waals surface area contributed by atoms with E-state index >= 15 is 0 Å². The quantitative estimate of drug-likeness (QED) is 0.589. The van der Waals surface area contributed by atoms with Gasteiger partial charge < -0.3 is 4.85 Å². The van der Waals surface area contributed by atoms with Gasteiger partial charge in [-0.15, -0.1) is 0 Å². The molecule has 118 valence electrons. The minimum atomic E-state index is -0.499. The summed E-state index contributed by atoms with van der Waals surface area (Å²) >= 11 is 0. The third kappa shape index (κ3) is 3.54. The molecule has 0 fully saturated rings. The zero-order chi connectivity index (χ0) is 16.9. The van der Waals surface area contributed by atoms with Crippen molar-refractivity contribution in [3.63, 3.8) is 0 Å². The fourth-order valence-electron chi connectivity index (χ4n) is 3.09. The highest BCUT2D eigenvalue weighted by Crippen LogP contribution is 2.37.